The average molecular weight is 419 g/mol. The van der Waals surface area contributed by atoms with Gasteiger partial charge < -0.3 is 10.1 Å². The first-order valence-corrected chi connectivity index (χ1v) is 11.3. The normalized spacial score (nSPS) is 23.7. The van der Waals surface area contributed by atoms with Gasteiger partial charge in [0.15, 0.2) is 9.92 Å². The van der Waals surface area contributed by atoms with Crippen LogP contribution < -0.4 is 15.2 Å². The van der Waals surface area contributed by atoms with Gasteiger partial charge in [-0.1, -0.05) is 6.07 Å². The second kappa shape index (κ2) is 6.53. The van der Waals surface area contributed by atoms with Gasteiger partial charge in [0.05, 0.1) is 12.7 Å². The van der Waals surface area contributed by atoms with Crippen LogP contribution in [0.1, 0.15) is 35.6 Å². The number of aryl methyl sites for hydroxylation is 1. The van der Waals surface area contributed by atoms with Gasteiger partial charge >= 0.3 is 6.03 Å². The first kappa shape index (κ1) is 18.6. The third kappa shape index (κ3) is 3.10. The number of hydrogen-bond donors (Lipinski definition) is 2. The third-order valence-corrected chi connectivity index (χ3v) is 7.08. The van der Waals surface area contributed by atoms with Crippen LogP contribution in [0.3, 0.4) is 0 Å². The molecule has 0 fully saturated rings. The zero-order chi connectivity index (χ0) is 20.3. The van der Waals surface area contributed by atoms with Crippen LogP contribution in [0.15, 0.2) is 21.5 Å². The predicted octanol–water partition coefficient (Wildman–Crippen LogP) is 2.52. The van der Waals surface area contributed by atoms with Crippen LogP contribution in [-0.4, -0.2) is 32.3 Å². The van der Waals surface area contributed by atoms with Gasteiger partial charge in [-0.2, -0.15) is 5.10 Å². The van der Waals surface area contributed by atoms with Crippen molar-refractivity contribution in [3.05, 3.63) is 34.5 Å². The van der Waals surface area contributed by atoms with Crippen LogP contribution >= 0.6 is 0 Å². The van der Waals surface area contributed by atoms with Crippen molar-refractivity contribution in [1.82, 2.24) is 9.78 Å². The molecule has 1 unspecified atom stereocenters. The van der Waals surface area contributed by atoms with Crippen molar-refractivity contribution in [3.8, 4) is 5.88 Å². The lowest BCUT2D eigenvalue weighted by Gasteiger charge is -2.15. The highest BCUT2D eigenvalue weighted by molar-refractivity contribution is 7.91. The number of fused-ring (bicyclic) bond motifs is 3. The van der Waals surface area contributed by atoms with Crippen LogP contribution in [-0.2, 0) is 42.1 Å². The molecule has 10 heteroatoms. The quantitative estimate of drug-likeness (QED) is 0.779. The second-order valence-corrected chi connectivity index (χ2v) is 9.66. The van der Waals surface area contributed by atoms with E-state index in [1.807, 2.05) is 6.92 Å². The van der Waals surface area contributed by atoms with E-state index in [1.54, 1.807) is 4.68 Å². The van der Waals surface area contributed by atoms with E-state index >= 15 is 0 Å². The lowest BCUT2D eigenvalue weighted by atomic mass is 9.99. The maximum absolute atomic E-state index is 14.0. The molecular formula is C19H22FN5O3S. The predicted molar refractivity (Wildman–Crippen MR) is 105 cm³/mol. The topological polar surface area (TPSA) is 112 Å². The fourth-order valence-corrected chi connectivity index (χ4v) is 5.52. The van der Waals surface area contributed by atoms with Crippen molar-refractivity contribution in [3.63, 3.8) is 0 Å². The first-order chi connectivity index (χ1) is 13.8. The number of urea groups is 1. The Morgan fingerprint density at radius 3 is 3.03 bits per heavy atom. The van der Waals surface area contributed by atoms with E-state index in [2.05, 4.69) is 20.8 Å². The number of nitrogens with zero attached hydrogens (tertiary/aromatic N) is 3. The van der Waals surface area contributed by atoms with Gasteiger partial charge in [-0.25, -0.2) is 23.2 Å². The van der Waals surface area contributed by atoms with Crippen molar-refractivity contribution in [2.75, 3.05) is 5.32 Å². The summed E-state index contributed by atoms with van der Waals surface area (Å²) in [5.74, 6) is 0.281. The minimum Gasteiger partial charge on any atom is -0.472 e. The van der Waals surface area contributed by atoms with Crippen LogP contribution in [0.2, 0.25) is 0 Å². The smallest absolute Gasteiger partial charge is 0.354 e. The summed E-state index contributed by atoms with van der Waals surface area (Å²) in [5, 5.41) is 12.8. The zero-order valence-electron chi connectivity index (χ0n) is 16.0. The molecule has 0 radical (unpaired) electrons. The largest absolute Gasteiger partial charge is 0.472 e. The molecule has 1 aliphatic heterocycles. The van der Waals surface area contributed by atoms with Gasteiger partial charge in [0.25, 0.3) is 0 Å². The molecule has 3 N–H and O–H groups in total. The van der Waals surface area contributed by atoms with Gasteiger partial charge in [0.1, 0.15) is 17.2 Å². The summed E-state index contributed by atoms with van der Waals surface area (Å²) < 4.78 is 37.9. The molecular weight excluding hydrogens is 397 g/mol. The van der Waals surface area contributed by atoms with Crippen LogP contribution in [0.5, 0.6) is 5.88 Å². The van der Waals surface area contributed by atoms with E-state index in [4.69, 9.17) is 9.88 Å². The number of nitrogens with one attached hydrogen (secondary N) is 1. The fraction of sp³-hybridized carbons (Fsp3) is 0.474. The van der Waals surface area contributed by atoms with E-state index in [-0.39, 0.29) is 23.3 Å². The summed E-state index contributed by atoms with van der Waals surface area (Å²) in [7, 11) is -3.54. The number of ether oxygens (including phenoxy) is 1. The minimum atomic E-state index is -3.54. The Bertz CT molecular complexity index is 1150. The third-order valence-electron chi connectivity index (χ3n) is 5.74. The lowest BCUT2D eigenvalue weighted by molar-refractivity contribution is 0.248. The molecule has 3 aliphatic rings. The first-order valence-electron chi connectivity index (χ1n) is 9.71. The molecule has 5 rings (SSSR count). The fourth-order valence-electron chi connectivity index (χ4n) is 4.53. The number of rotatable bonds is 2. The van der Waals surface area contributed by atoms with E-state index < -0.39 is 22.1 Å². The number of nitrogens with two attached hydrogens (primary N) is 1. The number of hydrogen-bond acceptors (Lipinski definition) is 4. The van der Waals surface area contributed by atoms with Gasteiger partial charge in [-0.3, -0.25) is 0 Å². The summed E-state index contributed by atoms with van der Waals surface area (Å²) in [6, 6.07) is 1.25. The number of aromatic nitrogens is 2. The van der Waals surface area contributed by atoms with E-state index in [9.17, 15) is 13.4 Å². The number of anilines is 1. The maximum Gasteiger partial charge on any atom is 0.354 e. The standard InChI is InChI=1S/C19H22FN5O3S/c1-10-9-25-18(28-10)16(8-22-25)29(21,27)24-19(26)23-17-14-4-2-3-11(14)5-12-6-13(20)7-15(12)17/h5,8,10,13H,2-4,6-7,9H2,1H3,(H3,21,23,24,26,27)/t10-,13+,29?/m1/s1. The van der Waals surface area contributed by atoms with Gasteiger partial charge in [0, 0.05) is 18.5 Å². The van der Waals surface area contributed by atoms with Crippen LogP contribution in [0, 0.1) is 0 Å². The molecule has 2 aliphatic carbocycles. The molecule has 0 saturated carbocycles. The van der Waals surface area contributed by atoms with E-state index in [1.165, 1.54) is 6.20 Å². The van der Waals surface area contributed by atoms with Gasteiger partial charge in [-0.15, -0.1) is 4.36 Å². The average Bonchev–Trinajstić information content (AvgIpc) is 3.36. The monoisotopic (exact) mass is 419 g/mol. The molecule has 2 amide bonds. The summed E-state index contributed by atoms with van der Waals surface area (Å²) in [5.41, 5.74) is 4.52. The van der Waals surface area contributed by atoms with E-state index in [0.717, 1.165) is 41.5 Å². The molecule has 1 aromatic heterocycles. The number of alkyl halides is 1. The van der Waals surface area contributed by atoms with Crippen molar-refractivity contribution in [1.29, 1.82) is 0 Å². The Kier molecular flexibility index (Phi) is 4.18. The minimum absolute atomic E-state index is 0.101. The van der Waals surface area contributed by atoms with Gasteiger partial charge in [0.2, 0.25) is 5.88 Å². The summed E-state index contributed by atoms with van der Waals surface area (Å²) >= 11 is 0. The Labute approximate surface area is 167 Å². The molecule has 154 valence electrons. The molecule has 2 heterocycles. The van der Waals surface area contributed by atoms with Crippen molar-refractivity contribution in [2.45, 2.75) is 62.7 Å². The highest BCUT2D eigenvalue weighted by Gasteiger charge is 2.31. The number of halogens is 1. The lowest BCUT2D eigenvalue weighted by Crippen LogP contribution is -2.19. The van der Waals surface area contributed by atoms with Crippen LogP contribution in [0.4, 0.5) is 14.9 Å². The Morgan fingerprint density at radius 2 is 2.21 bits per heavy atom. The number of benzene rings is 1. The van der Waals surface area contributed by atoms with Crippen molar-refractivity contribution in [2.24, 2.45) is 9.50 Å². The zero-order valence-corrected chi connectivity index (χ0v) is 16.8. The number of carbonyl (C=O) groups excluding carboxylic acids is 1. The number of carbonyl (C=O) groups is 1. The molecule has 0 saturated heterocycles. The summed E-state index contributed by atoms with van der Waals surface area (Å²) in [6.45, 7) is 2.37. The van der Waals surface area contributed by atoms with Gasteiger partial charge in [-0.05, 0) is 48.4 Å². The molecule has 1 aromatic carbocycles. The number of amides is 2. The van der Waals surface area contributed by atoms with E-state index in [0.29, 0.717) is 18.7 Å². The Morgan fingerprint density at radius 1 is 1.38 bits per heavy atom. The molecule has 29 heavy (non-hydrogen) atoms. The summed E-state index contributed by atoms with van der Waals surface area (Å²) in [6.07, 6.45) is 3.58. The Hall–Kier alpha value is -2.46. The maximum atomic E-state index is 14.0. The SMILES string of the molecule is C[C@@H]1Cn2ncc(S(N)(=O)=NC(=O)Nc3c4c(cc5c3C[C@@H](F)C5)CCC4)c2O1. The molecule has 2 aromatic rings. The van der Waals surface area contributed by atoms with Crippen molar-refractivity contribution < 1.29 is 18.1 Å². The molecule has 0 spiro atoms. The molecule has 8 nitrogen and oxygen atoms in total. The Balaban J connectivity index is 1.49. The highest BCUT2D eigenvalue weighted by atomic mass is 32.2. The second-order valence-electron chi connectivity index (χ2n) is 7.90. The summed E-state index contributed by atoms with van der Waals surface area (Å²) in [4.78, 5) is 12.8. The highest BCUT2D eigenvalue weighted by Crippen LogP contribution is 2.39. The van der Waals surface area contributed by atoms with Crippen LogP contribution in [0.25, 0.3) is 0 Å². The molecule has 0 bridgehead atoms. The molecule has 3 atom stereocenters. The van der Waals surface area contributed by atoms with Crippen molar-refractivity contribution >= 4 is 21.6 Å².